The van der Waals surface area contributed by atoms with Gasteiger partial charge in [0.05, 0.1) is 12.0 Å². The molecular weight excluding hydrogens is 284 g/mol. The van der Waals surface area contributed by atoms with Crippen LogP contribution in [0.4, 0.5) is 0 Å². The molecule has 0 aromatic carbocycles. The highest BCUT2D eigenvalue weighted by Gasteiger charge is 2.42. The third-order valence-electron chi connectivity index (χ3n) is 3.64. The van der Waals surface area contributed by atoms with Crippen molar-refractivity contribution in [2.24, 2.45) is 5.92 Å². The van der Waals surface area contributed by atoms with Gasteiger partial charge in [0.1, 0.15) is 5.92 Å². The first kappa shape index (κ1) is 13.8. The van der Waals surface area contributed by atoms with Crippen molar-refractivity contribution in [3.63, 3.8) is 0 Å². The monoisotopic (exact) mass is 300 g/mol. The number of rotatable bonds is 1. The van der Waals surface area contributed by atoms with E-state index < -0.39 is 5.92 Å². The highest BCUT2D eigenvalue weighted by molar-refractivity contribution is 7.10. The van der Waals surface area contributed by atoms with Gasteiger partial charge in [0, 0.05) is 21.5 Å². The van der Waals surface area contributed by atoms with E-state index in [0.29, 0.717) is 5.88 Å². The second-order valence-corrected chi connectivity index (χ2v) is 7.11. The number of nitrogens with one attached hydrogen (secondary N) is 2. The Morgan fingerprint density at radius 3 is 2.81 bits per heavy atom. The first-order valence-electron chi connectivity index (χ1n) is 6.71. The van der Waals surface area contributed by atoms with Gasteiger partial charge in [-0.1, -0.05) is 26.8 Å². The highest BCUT2D eigenvalue weighted by atomic mass is 32.1. The minimum atomic E-state index is -0.616. The van der Waals surface area contributed by atoms with Crippen LogP contribution in [0.5, 0.6) is 5.88 Å². The van der Waals surface area contributed by atoms with E-state index >= 15 is 0 Å². The fourth-order valence-corrected chi connectivity index (χ4v) is 3.54. The van der Waals surface area contributed by atoms with Gasteiger partial charge < -0.3 is 4.74 Å². The van der Waals surface area contributed by atoms with Crippen LogP contribution in [0.25, 0.3) is 0 Å². The third kappa shape index (κ3) is 2.14. The molecule has 0 amide bonds. The van der Waals surface area contributed by atoms with Crippen LogP contribution in [0.2, 0.25) is 0 Å². The van der Waals surface area contributed by atoms with Crippen molar-refractivity contribution >= 4 is 17.2 Å². The average Bonchev–Trinajstić information content (AvgIpc) is 3.04. The minimum Gasteiger partial charge on any atom is -0.422 e. The molecule has 0 saturated carbocycles. The van der Waals surface area contributed by atoms with E-state index in [0.717, 1.165) is 16.1 Å². The van der Waals surface area contributed by atoms with E-state index in [1.807, 2.05) is 17.5 Å². The van der Waals surface area contributed by atoms with E-state index in [4.69, 9.17) is 10.1 Å². The second-order valence-electron chi connectivity index (χ2n) is 6.13. The normalized spacial score (nSPS) is 21.5. The van der Waals surface area contributed by atoms with Crippen molar-refractivity contribution in [3.05, 3.63) is 33.6 Å². The molecule has 5 nitrogen and oxygen atoms in total. The van der Waals surface area contributed by atoms with Crippen molar-refractivity contribution in [2.45, 2.75) is 32.1 Å². The third-order valence-corrected chi connectivity index (χ3v) is 4.60. The number of aromatic nitrogens is 2. The molecule has 0 bridgehead atoms. The van der Waals surface area contributed by atoms with Crippen LogP contribution < -0.4 is 4.74 Å². The lowest BCUT2D eigenvalue weighted by Crippen LogP contribution is -2.31. The number of fused-ring (bicyclic) bond motifs is 1. The fourth-order valence-electron chi connectivity index (χ4n) is 2.67. The maximum absolute atomic E-state index is 9.49. The summed E-state index contributed by atoms with van der Waals surface area (Å²) in [4.78, 5) is 1.06. The zero-order chi connectivity index (χ0) is 15.2. The van der Waals surface area contributed by atoms with Crippen molar-refractivity contribution in [1.82, 2.24) is 10.2 Å². The summed E-state index contributed by atoms with van der Waals surface area (Å²) in [5, 5.41) is 26.7. The van der Waals surface area contributed by atoms with Gasteiger partial charge in [0.2, 0.25) is 11.8 Å². The fraction of sp³-hybridized carbons (Fsp3) is 0.400. The van der Waals surface area contributed by atoms with Gasteiger partial charge in [-0.3, -0.25) is 10.5 Å². The molecule has 1 aliphatic heterocycles. The van der Waals surface area contributed by atoms with Crippen molar-refractivity contribution in [3.8, 4) is 11.9 Å². The molecule has 2 N–H and O–H groups in total. The number of H-pyrrole nitrogens is 1. The Balaban J connectivity index is 2.24. The van der Waals surface area contributed by atoms with Crippen LogP contribution in [0.3, 0.4) is 0 Å². The molecule has 3 heterocycles. The molecule has 0 aliphatic carbocycles. The smallest absolute Gasteiger partial charge is 0.243 e. The lowest BCUT2D eigenvalue weighted by Gasteiger charge is -2.29. The minimum absolute atomic E-state index is 0.0321. The molecule has 108 valence electrons. The van der Waals surface area contributed by atoms with Crippen LogP contribution in [0, 0.1) is 22.7 Å². The van der Waals surface area contributed by atoms with E-state index in [2.05, 4.69) is 37.0 Å². The molecule has 2 aromatic heterocycles. The zero-order valence-corrected chi connectivity index (χ0v) is 12.9. The Morgan fingerprint density at radius 1 is 1.48 bits per heavy atom. The Labute approximate surface area is 127 Å². The molecule has 0 fully saturated rings. The Bertz CT molecular complexity index is 718. The quantitative estimate of drug-likeness (QED) is 0.846. The molecule has 2 atom stereocenters. The maximum atomic E-state index is 9.49. The van der Waals surface area contributed by atoms with Gasteiger partial charge in [-0.15, -0.1) is 16.4 Å². The molecule has 6 heteroatoms. The molecule has 3 rings (SSSR count). The predicted molar refractivity (Wildman–Crippen MR) is 80.9 cm³/mol. The lowest BCUT2D eigenvalue weighted by molar-refractivity contribution is 0.435. The van der Waals surface area contributed by atoms with E-state index in [9.17, 15) is 5.26 Å². The summed E-state index contributed by atoms with van der Waals surface area (Å²) in [7, 11) is 0. The first-order valence-corrected chi connectivity index (χ1v) is 7.59. The van der Waals surface area contributed by atoms with Gasteiger partial charge >= 0.3 is 0 Å². The maximum Gasteiger partial charge on any atom is 0.243 e. The molecule has 1 aliphatic rings. The van der Waals surface area contributed by atoms with E-state index in [-0.39, 0.29) is 17.2 Å². The Kier molecular flexibility index (Phi) is 3.10. The summed E-state index contributed by atoms with van der Waals surface area (Å²) in [6.07, 6.45) is 0. The summed E-state index contributed by atoms with van der Waals surface area (Å²) < 4.78 is 5.46. The predicted octanol–water partition coefficient (Wildman–Crippen LogP) is 3.41. The summed E-state index contributed by atoms with van der Waals surface area (Å²) >= 11 is 1.59. The van der Waals surface area contributed by atoms with Gasteiger partial charge in [0.25, 0.3) is 0 Å². The molecule has 21 heavy (non-hydrogen) atoms. The standard InChI is InChI=1S/C15H16N4OS/c1-15(2,3)12-11-10(9-5-4-6-21-9)8(7-16)13(17)20-14(11)19-18-12/h4-6,8,10,17H,1-3H3,(H,18,19). The molecule has 0 spiro atoms. The number of nitriles is 1. The van der Waals surface area contributed by atoms with Gasteiger partial charge in [-0.05, 0) is 11.4 Å². The van der Waals surface area contributed by atoms with E-state index in [1.54, 1.807) is 11.3 Å². The summed E-state index contributed by atoms with van der Waals surface area (Å²) in [6.45, 7) is 6.27. The van der Waals surface area contributed by atoms with Crippen LogP contribution in [0.1, 0.15) is 42.8 Å². The van der Waals surface area contributed by atoms with Crippen LogP contribution in [0.15, 0.2) is 17.5 Å². The molecule has 0 saturated heterocycles. The Hall–Kier alpha value is -2.13. The summed E-state index contributed by atoms with van der Waals surface area (Å²) in [6, 6.07) is 6.18. The lowest BCUT2D eigenvalue weighted by atomic mass is 9.78. The average molecular weight is 300 g/mol. The number of ether oxygens (including phenoxy) is 1. The van der Waals surface area contributed by atoms with Gasteiger partial charge in [-0.2, -0.15) is 5.26 Å². The molecular formula is C15H16N4OS. The number of nitrogens with zero attached hydrogens (tertiary/aromatic N) is 2. The van der Waals surface area contributed by atoms with Crippen molar-refractivity contribution in [2.75, 3.05) is 0 Å². The SMILES string of the molecule is CC(C)(C)c1[nH]nc2c1C(c1cccs1)C(C#N)C(=N)O2. The van der Waals surface area contributed by atoms with Crippen LogP contribution in [-0.2, 0) is 5.41 Å². The molecule has 0 radical (unpaired) electrons. The van der Waals surface area contributed by atoms with Gasteiger partial charge in [0.15, 0.2) is 0 Å². The number of hydrogen-bond acceptors (Lipinski definition) is 5. The van der Waals surface area contributed by atoms with Crippen LogP contribution in [-0.4, -0.2) is 16.1 Å². The summed E-state index contributed by atoms with van der Waals surface area (Å²) in [5.41, 5.74) is 1.73. The van der Waals surface area contributed by atoms with Crippen molar-refractivity contribution < 1.29 is 4.74 Å². The van der Waals surface area contributed by atoms with Crippen molar-refractivity contribution in [1.29, 1.82) is 10.7 Å². The van der Waals surface area contributed by atoms with E-state index in [1.165, 1.54) is 0 Å². The van der Waals surface area contributed by atoms with Gasteiger partial charge in [-0.25, -0.2) is 0 Å². The largest absolute Gasteiger partial charge is 0.422 e. The summed E-state index contributed by atoms with van der Waals surface area (Å²) in [5.74, 6) is -0.417. The number of aromatic amines is 1. The highest BCUT2D eigenvalue weighted by Crippen LogP contribution is 2.46. The topological polar surface area (TPSA) is 85.5 Å². The number of thiophene rings is 1. The number of hydrogen-bond donors (Lipinski definition) is 2. The first-order chi connectivity index (χ1) is 9.93. The molecule has 2 unspecified atom stereocenters. The Morgan fingerprint density at radius 2 is 2.24 bits per heavy atom. The van der Waals surface area contributed by atoms with Crippen LogP contribution >= 0.6 is 11.3 Å². The second kappa shape index (κ2) is 4.71. The molecule has 2 aromatic rings. The zero-order valence-electron chi connectivity index (χ0n) is 12.1.